The van der Waals surface area contributed by atoms with Gasteiger partial charge in [-0.25, -0.2) is 5.01 Å². The Kier molecular flexibility index (Phi) is 5.30. The van der Waals surface area contributed by atoms with Crippen LogP contribution in [0.15, 0.2) is 65.8 Å². The highest BCUT2D eigenvalue weighted by Gasteiger charge is 2.26. The number of thiocarbonyl (C=S) groups is 1. The molecule has 0 radical (unpaired) electrons. The minimum Gasteiger partial charge on any atom is -0.348 e. The standard InChI is InChI=1S/C22H25N3S/c26-22(25-16-13-21(23-25)20-9-5-2-6-10-20)24-14-11-19(12-15-24)17-18-7-3-1-4-8-18/h1-10,19H,11-17H2. The molecule has 1 fully saturated rings. The molecule has 0 aromatic heterocycles. The molecule has 26 heavy (non-hydrogen) atoms. The average Bonchev–Trinajstić information content (AvgIpc) is 3.20. The average molecular weight is 364 g/mol. The van der Waals surface area contributed by atoms with Gasteiger partial charge in [-0.3, -0.25) is 0 Å². The van der Waals surface area contributed by atoms with Crippen LogP contribution in [0.1, 0.15) is 30.4 Å². The summed E-state index contributed by atoms with van der Waals surface area (Å²) in [4.78, 5) is 2.34. The molecule has 0 saturated carbocycles. The summed E-state index contributed by atoms with van der Waals surface area (Å²) >= 11 is 5.75. The predicted octanol–water partition coefficient (Wildman–Crippen LogP) is 4.34. The van der Waals surface area contributed by atoms with E-state index in [1.165, 1.54) is 30.4 Å². The second-order valence-electron chi connectivity index (χ2n) is 7.19. The van der Waals surface area contributed by atoms with Gasteiger partial charge in [0, 0.05) is 26.1 Å². The van der Waals surface area contributed by atoms with E-state index >= 15 is 0 Å². The number of piperidine rings is 1. The van der Waals surface area contributed by atoms with Crippen LogP contribution < -0.4 is 0 Å². The van der Waals surface area contributed by atoms with E-state index in [-0.39, 0.29) is 0 Å². The topological polar surface area (TPSA) is 18.8 Å². The van der Waals surface area contributed by atoms with Gasteiger partial charge in [0.05, 0.1) is 5.71 Å². The second kappa shape index (κ2) is 8.00. The minimum atomic E-state index is 0.762. The molecule has 1 saturated heterocycles. The third kappa shape index (κ3) is 3.96. The van der Waals surface area contributed by atoms with Crippen LogP contribution in [0.3, 0.4) is 0 Å². The summed E-state index contributed by atoms with van der Waals surface area (Å²) in [7, 11) is 0. The first-order chi connectivity index (χ1) is 12.8. The lowest BCUT2D eigenvalue weighted by molar-refractivity contribution is 0.244. The molecule has 0 aliphatic carbocycles. The quantitative estimate of drug-likeness (QED) is 0.756. The lowest BCUT2D eigenvalue weighted by Gasteiger charge is -2.35. The van der Waals surface area contributed by atoms with Crippen molar-refractivity contribution in [3.63, 3.8) is 0 Å². The minimum absolute atomic E-state index is 0.762. The van der Waals surface area contributed by atoms with Crippen LogP contribution in [0, 0.1) is 5.92 Å². The lowest BCUT2D eigenvalue weighted by atomic mass is 9.90. The monoisotopic (exact) mass is 363 g/mol. The Bertz CT molecular complexity index is 764. The van der Waals surface area contributed by atoms with Gasteiger partial charge in [0.2, 0.25) is 0 Å². The van der Waals surface area contributed by atoms with Crippen LogP contribution in [0.4, 0.5) is 0 Å². The fourth-order valence-electron chi connectivity index (χ4n) is 3.87. The molecule has 134 valence electrons. The van der Waals surface area contributed by atoms with Crippen LogP contribution in [-0.2, 0) is 6.42 Å². The highest BCUT2D eigenvalue weighted by molar-refractivity contribution is 7.80. The largest absolute Gasteiger partial charge is 0.348 e. The summed E-state index contributed by atoms with van der Waals surface area (Å²) in [6.45, 7) is 2.99. The summed E-state index contributed by atoms with van der Waals surface area (Å²) in [6, 6.07) is 21.3. The fourth-order valence-corrected chi connectivity index (χ4v) is 4.18. The molecule has 0 spiro atoms. The predicted molar refractivity (Wildman–Crippen MR) is 111 cm³/mol. The smallest absolute Gasteiger partial charge is 0.192 e. The third-order valence-corrected chi connectivity index (χ3v) is 5.85. The second-order valence-corrected chi connectivity index (χ2v) is 7.55. The molecule has 2 aromatic rings. The van der Waals surface area contributed by atoms with Crippen molar-refractivity contribution in [2.24, 2.45) is 11.0 Å². The fraction of sp³-hybridized carbons (Fsp3) is 0.364. The first kappa shape index (κ1) is 17.2. The molecular formula is C22H25N3S. The Labute approximate surface area is 161 Å². The highest BCUT2D eigenvalue weighted by Crippen LogP contribution is 2.24. The number of hydrogen-bond acceptors (Lipinski definition) is 2. The highest BCUT2D eigenvalue weighted by atomic mass is 32.1. The number of benzene rings is 2. The van der Waals surface area contributed by atoms with Gasteiger partial charge >= 0.3 is 0 Å². The zero-order valence-electron chi connectivity index (χ0n) is 15.1. The molecule has 2 heterocycles. The Morgan fingerprint density at radius 1 is 0.923 bits per heavy atom. The van der Waals surface area contributed by atoms with Gasteiger partial charge in [0.25, 0.3) is 0 Å². The number of nitrogens with zero attached hydrogens (tertiary/aromatic N) is 3. The van der Waals surface area contributed by atoms with Crippen molar-refractivity contribution in [2.45, 2.75) is 25.7 Å². The maximum absolute atomic E-state index is 5.75. The number of hydrogen-bond donors (Lipinski definition) is 0. The van der Waals surface area contributed by atoms with Crippen molar-refractivity contribution in [1.82, 2.24) is 9.91 Å². The Morgan fingerprint density at radius 3 is 2.27 bits per heavy atom. The number of hydrazone groups is 1. The molecule has 2 aliphatic heterocycles. The normalized spacial score (nSPS) is 18.1. The van der Waals surface area contributed by atoms with E-state index in [2.05, 4.69) is 59.5 Å². The maximum atomic E-state index is 5.75. The van der Waals surface area contributed by atoms with E-state index in [1.807, 2.05) is 11.1 Å². The Morgan fingerprint density at radius 2 is 1.58 bits per heavy atom. The van der Waals surface area contributed by atoms with E-state index in [1.54, 1.807) is 0 Å². The molecule has 2 aromatic carbocycles. The first-order valence-corrected chi connectivity index (χ1v) is 9.94. The van der Waals surface area contributed by atoms with E-state index in [9.17, 15) is 0 Å². The van der Waals surface area contributed by atoms with Gasteiger partial charge in [0.15, 0.2) is 5.11 Å². The summed E-state index contributed by atoms with van der Waals surface area (Å²) in [5.41, 5.74) is 3.80. The van der Waals surface area contributed by atoms with Crippen molar-refractivity contribution < 1.29 is 0 Å². The van der Waals surface area contributed by atoms with E-state index in [0.717, 1.165) is 42.8 Å². The Balaban J connectivity index is 1.32. The van der Waals surface area contributed by atoms with Gasteiger partial charge in [-0.1, -0.05) is 60.7 Å². The van der Waals surface area contributed by atoms with E-state index in [4.69, 9.17) is 17.3 Å². The SMILES string of the molecule is S=C(N1CCC(Cc2ccccc2)CC1)N1CCC(c2ccccc2)=N1. The maximum Gasteiger partial charge on any atom is 0.192 e. The number of likely N-dealkylation sites (tertiary alicyclic amines) is 1. The molecule has 4 rings (SSSR count). The number of rotatable bonds is 3. The van der Waals surface area contributed by atoms with Crippen molar-refractivity contribution >= 4 is 23.0 Å². The zero-order chi connectivity index (χ0) is 17.8. The van der Waals surface area contributed by atoms with Crippen molar-refractivity contribution in [3.8, 4) is 0 Å². The molecule has 0 bridgehead atoms. The van der Waals surface area contributed by atoms with Crippen molar-refractivity contribution in [3.05, 3.63) is 71.8 Å². The molecule has 0 unspecified atom stereocenters. The van der Waals surface area contributed by atoms with Crippen LogP contribution in [0.2, 0.25) is 0 Å². The van der Waals surface area contributed by atoms with Crippen molar-refractivity contribution in [2.75, 3.05) is 19.6 Å². The summed E-state index contributed by atoms with van der Waals surface area (Å²) in [5.74, 6) is 0.762. The molecule has 0 N–H and O–H groups in total. The molecular weight excluding hydrogens is 338 g/mol. The summed E-state index contributed by atoms with van der Waals surface area (Å²) in [6.07, 6.45) is 4.56. The molecule has 0 atom stereocenters. The van der Waals surface area contributed by atoms with Crippen LogP contribution in [-0.4, -0.2) is 40.4 Å². The van der Waals surface area contributed by atoms with Crippen LogP contribution >= 0.6 is 12.2 Å². The van der Waals surface area contributed by atoms with Gasteiger partial charge in [-0.05, 0) is 48.5 Å². The van der Waals surface area contributed by atoms with Gasteiger partial charge in [0.1, 0.15) is 0 Å². The van der Waals surface area contributed by atoms with Crippen LogP contribution in [0.25, 0.3) is 0 Å². The lowest BCUT2D eigenvalue weighted by Crippen LogP contribution is -2.44. The van der Waals surface area contributed by atoms with Gasteiger partial charge < -0.3 is 4.90 Å². The molecule has 0 amide bonds. The molecule has 4 heteroatoms. The van der Waals surface area contributed by atoms with Gasteiger partial charge in [-0.2, -0.15) is 5.10 Å². The first-order valence-electron chi connectivity index (χ1n) is 9.53. The summed E-state index contributed by atoms with van der Waals surface area (Å²) < 4.78 is 0. The van der Waals surface area contributed by atoms with Gasteiger partial charge in [-0.15, -0.1) is 0 Å². The molecule has 2 aliphatic rings. The van der Waals surface area contributed by atoms with E-state index < -0.39 is 0 Å². The molecule has 3 nitrogen and oxygen atoms in total. The zero-order valence-corrected chi connectivity index (χ0v) is 15.9. The van der Waals surface area contributed by atoms with Crippen molar-refractivity contribution in [1.29, 1.82) is 0 Å². The van der Waals surface area contributed by atoms with Crippen LogP contribution in [0.5, 0.6) is 0 Å². The summed E-state index contributed by atoms with van der Waals surface area (Å²) in [5, 5.41) is 7.71. The third-order valence-electron chi connectivity index (χ3n) is 5.38. The Hall–Kier alpha value is -2.20. The van der Waals surface area contributed by atoms with E-state index in [0.29, 0.717) is 0 Å².